The fourth-order valence-electron chi connectivity index (χ4n) is 2.37. The lowest BCUT2D eigenvalue weighted by Gasteiger charge is -2.36. The summed E-state index contributed by atoms with van der Waals surface area (Å²) in [7, 11) is 0. The summed E-state index contributed by atoms with van der Waals surface area (Å²) in [6.45, 7) is 10.7. The first kappa shape index (κ1) is 13.1. The fourth-order valence-corrected chi connectivity index (χ4v) is 2.37. The number of carbonyl (C=O) groups is 1. The van der Waals surface area contributed by atoms with E-state index < -0.39 is 0 Å². The summed E-state index contributed by atoms with van der Waals surface area (Å²) in [5, 5.41) is 4.15. The molecule has 0 aliphatic carbocycles. The van der Waals surface area contributed by atoms with Crippen molar-refractivity contribution in [1.29, 1.82) is 0 Å². The second kappa shape index (κ2) is 5.52. The van der Waals surface area contributed by atoms with E-state index in [4.69, 9.17) is 0 Å². The van der Waals surface area contributed by atoms with Gasteiger partial charge in [0, 0.05) is 45.0 Å². The van der Waals surface area contributed by atoms with Crippen molar-refractivity contribution in [3.8, 4) is 0 Å². The van der Waals surface area contributed by atoms with Crippen molar-refractivity contribution in [1.82, 2.24) is 19.6 Å². The van der Waals surface area contributed by atoms with E-state index in [0.29, 0.717) is 11.7 Å². The SMILES string of the molecule is CCn1nccc1C(=O)N1CCN(C(C)C)CC1. The van der Waals surface area contributed by atoms with Crippen LogP contribution >= 0.6 is 0 Å². The lowest BCUT2D eigenvalue weighted by atomic mass is 10.2. The van der Waals surface area contributed by atoms with E-state index >= 15 is 0 Å². The molecule has 0 saturated carbocycles. The Hall–Kier alpha value is -1.36. The molecule has 1 aliphatic heterocycles. The molecule has 0 radical (unpaired) electrons. The van der Waals surface area contributed by atoms with E-state index in [0.717, 1.165) is 32.7 Å². The molecule has 0 N–H and O–H groups in total. The van der Waals surface area contributed by atoms with Gasteiger partial charge in [-0.15, -0.1) is 0 Å². The minimum absolute atomic E-state index is 0.109. The van der Waals surface area contributed by atoms with Crippen LogP contribution in [0.25, 0.3) is 0 Å². The molecule has 0 bridgehead atoms. The molecule has 0 aromatic carbocycles. The maximum atomic E-state index is 12.4. The number of aryl methyl sites for hydroxylation is 1. The first-order valence-electron chi connectivity index (χ1n) is 6.68. The van der Waals surface area contributed by atoms with E-state index in [1.807, 2.05) is 11.8 Å². The van der Waals surface area contributed by atoms with Crippen LogP contribution in [-0.4, -0.2) is 57.7 Å². The van der Waals surface area contributed by atoms with Crippen molar-refractivity contribution in [3.63, 3.8) is 0 Å². The Morgan fingerprint density at radius 1 is 1.33 bits per heavy atom. The molecule has 1 fully saturated rings. The Morgan fingerprint density at radius 2 is 2.00 bits per heavy atom. The maximum absolute atomic E-state index is 12.4. The first-order chi connectivity index (χ1) is 8.63. The Kier molecular flexibility index (Phi) is 4.01. The van der Waals surface area contributed by atoms with Crippen LogP contribution in [0.3, 0.4) is 0 Å². The first-order valence-corrected chi connectivity index (χ1v) is 6.68. The molecule has 5 nitrogen and oxygen atoms in total. The molecule has 0 spiro atoms. The van der Waals surface area contributed by atoms with Gasteiger partial charge < -0.3 is 4.90 Å². The third kappa shape index (κ3) is 2.56. The van der Waals surface area contributed by atoms with Crippen molar-refractivity contribution in [3.05, 3.63) is 18.0 Å². The molecule has 100 valence electrons. The van der Waals surface area contributed by atoms with Gasteiger partial charge in [0.1, 0.15) is 5.69 Å². The summed E-state index contributed by atoms with van der Waals surface area (Å²) in [6.07, 6.45) is 1.70. The normalized spacial score (nSPS) is 17.4. The third-order valence-electron chi connectivity index (χ3n) is 3.57. The Balaban J connectivity index is 2.00. The van der Waals surface area contributed by atoms with Gasteiger partial charge in [0.25, 0.3) is 5.91 Å². The van der Waals surface area contributed by atoms with Gasteiger partial charge in [-0.3, -0.25) is 14.4 Å². The second-order valence-corrected chi connectivity index (χ2v) is 4.95. The summed E-state index contributed by atoms with van der Waals surface area (Å²) >= 11 is 0. The van der Waals surface area contributed by atoms with Crippen LogP contribution in [0.4, 0.5) is 0 Å². The van der Waals surface area contributed by atoms with Crippen molar-refractivity contribution in [2.45, 2.75) is 33.4 Å². The molecular formula is C13H22N4O. The second-order valence-electron chi connectivity index (χ2n) is 4.95. The van der Waals surface area contributed by atoms with E-state index in [2.05, 4.69) is 23.8 Å². The fraction of sp³-hybridized carbons (Fsp3) is 0.692. The number of rotatable bonds is 3. The smallest absolute Gasteiger partial charge is 0.272 e. The predicted octanol–water partition coefficient (Wildman–Crippen LogP) is 1.07. The van der Waals surface area contributed by atoms with Gasteiger partial charge in [-0.25, -0.2) is 0 Å². The number of hydrogen-bond acceptors (Lipinski definition) is 3. The molecule has 1 aliphatic rings. The van der Waals surface area contributed by atoms with Crippen molar-refractivity contribution < 1.29 is 4.79 Å². The highest BCUT2D eigenvalue weighted by atomic mass is 16.2. The van der Waals surface area contributed by atoms with E-state index in [9.17, 15) is 4.79 Å². The molecule has 1 aromatic heterocycles. The molecule has 1 saturated heterocycles. The monoisotopic (exact) mass is 250 g/mol. The molecule has 5 heteroatoms. The largest absolute Gasteiger partial charge is 0.335 e. The van der Waals surface area contributed by atoms with Crippen LogP contribution in [0.1, 0.15) is 31.3 Å². The number of amides is 1. The number of nitrogens with zero attached hydrogens (tertiary/aromatic N) is 4. The summed E-state index contributed by atoms with van der Waals surface area (Å²) < 4.78 is 1.76. The summed E-state index contributed by atoms with van der Waals surface area (Å²) in [5.41, 5.74) is 0.704. The standard InChI is InChI=1S/C13H22N4O/c1-4-17-12(5-6-14-17)13(18)16-9-7-15(8-10-16)11(2)3/h5-6,11H,4,7-10H2,1-3H3. The van der Waals surface area contributed by atoms with Gasteiger partial charge in [-0.1, -0.05) is 0 Å². The lowest BCUT2D eigenvalue weighted by molar-refractivity contribution is 0.0584. The molecule has 0 unspecified atom stereocenters. The number of aromatic nitrogens is 2. The van der Waals surface area contributed by atoms with E-state index in [-0.39, 0.29) is 5.91 Å². The minimum atomic E-state index is 0.109. The van der Waals surface area contributed by atoms with Crippen LogP contribution in [-0.2, 0) is 6.54 Å². The highest BCUT2D eigenvalue weighted by molar-refractivity contribution is 5.92. The minimum Gasteiger partial charge on any atom is -0.335 e. The summed E-state index contributed by atoms with van der Waals surface area (Å²) in [6, 6.07) is 2.36. The van der Waals surface area contributed by atoms with Gasteiger partial charge in [-0.05, 0) is 26.8 Å². The van der Waals surface area contributed by atoms with Crippen LogP contribution in [0.15, 0.2) is 12.3 Å². The van der Waals surface area contributed by atoms with Crippen LogP contribution in [0.2, 0.25) is 0 Å². The van der Waals surface area contributed by atoms with Gasteiger partial charge in [0.2, 0.25) is 0 Å². The highest BCUT2D eigenvalue weighted by Gasteiger charge is 2.24. The quantitative estimate of drug-likeness (QED) is 0.806. The van der Waals surface area contributed by atoms with Gasteiger partial charge in [0.05, 0.1) is 0 Å². The number of piperazine rings is 1. The molecule has 2 heterocycles. The average Bonchev–Trinajstić information content (AvgIpc) is 2.86. The highest BCUT2D eigenvalue weighted by Crippen LogP contribution is 2.10. The van der Waals surface area contributed by atoms with Crippen molar-refractivity contribution in [2.24, 2.45) is 0 Å². The molecule has 2 rings (SSSR count). The van der Waals surface area contributed by atoms with E-state index in [1.54, 1.807) is 16.9 Å². The van der Waals surface area contributed by atoms with Gasteiger partial charge in [0.15, 0.2) is 0 Å². The molecule has 0 atom stereocenters. The summed E-state index contributed by atoms with van der Waals surface area (Å²) in [5.74, 6) is 0.109. The third-order valence-corrected chi connectivity index (χ3v) is 3.57. The van der Waals surface area contributed by atoms with Crippen LogP contribution < -0.4 is 0 Å². The lowest BCUT2D eigenvalue weighted by Crippen LogP contribution is -2.51. The van der Waals surface area contributed by atoms with Gasteiger partial charge in [-0.2, -0.15) is 5.10 Å². The molecule has 1 aromatic rings. The number of hydrogen-bond donors (Lipinski definition) is 0. The van der Waals surface area contributed by atoms with Crippen LogP contribution in [0.5, 0.6) is 0 Å². The molecule has 18 heavy (non-hydrogen) atoms. The van der Waals surface area contributed by atoms with Crippen molar-refractivity contribution >= 4 is 5.91 Å². The Bertz CT molecular complexity index is 405. The Morgan fingerprint density at radius 3 is 2.56 bits per heavy atom. The average molecular weight is 250 g/mol. The van der Waals surface area contributed by atoms with E-state index in [1.165, 1.54) is 0 Å². The molecule has 1 amide bonds. The maximum Gasteiger partial charge on any atom is 0.272 e. The van der Waals surface area contributed by atoms with Gasteiger partial charge >= 0.3 is 0 Å². The zero-order valence-corrected chi connectivity index (χ0v) is 11.5. The van der Waals surface area contributed by atoms with Crippen LogP contribution in [0, 0.1) is 0 Å². The zero-order valence-electron chi connectivity index (χ0n) is 11.5. The number of carbonyl (C=O) groups excluding carboxylic acids is 1. The topological polar surface area (TPSA) is 41.4 Å². The Labute approximate surface area is 108 Å². The summed E-state index contributed by atoms with van der Waals surface area (Å²) in [4.78, 5) is 16.7. The van der Waals surface area contributed by atoms with Crippen molar-refractivity contribution in [2.75, 3.05) is 26.2 Å². The molecular weight excluding hydrogens is 228 g/mol. The zero-order chi connectivity index (χ0) is 13.1. The predicted molar refractivity (Wildman–Crippen MR) is 70.5 cm³/mol.